The Morgan fingerprint density at radius 3 is 2.16 bits per heavy atom. The predicted molar refractivity (Wildman–Crippen MR) is 135 cm³/mol. The minimum atomic E-state index is -0.993. The van der Waals surface area contributed by atoms with Gasteiger partial charge in [-0.3, -0.25) is 19.3 Å². The molecule has 0 bridgehead atoms. The number of ether oxygens (including phenoxy) is 3. The number of methoxy groups -OCH3 is 3. The Labute approximate surface area is 213 Å². The number of ketones is 1. The SMILES string of the molecule is COc1cccc(C2/C(=C(/O)c3ccc(OC)cc3OC)C(=O)C(=O)N2c2ccc(CC(=O)O)cc2)c1. The summed E-state index contributed by atoms with van der Waals surface area (Å²) in [5.41, 5.74) is 1.52. The van der Waals surface area contributed by atoms with Gasteiger partial charge in [-0.15, -0.1) is 0 Å². The third-order valence-electron chi connectivity index (χ3n) is 6.09. The van der Waals surface area contributed by atoms with Gasteiger partial charge in [-0.1, -0.05) is 24.3 Å². The molecule has 1 fully saturated rings. The van der Waals surface area contributed by atoms with Gasteiger partial charge in [0.15, 0.2) is 0 Å². The fourth-order valence-electron chi connectivity index (χ4n) is 4.31. The highest BCUT2D eigenvalue weighted by molar-refractivity contribution is 6.51. The molecule has 0 radical (unpaired) electrons. The second-order valence-corrected chi connectivity index (χ2v) is 8.25. The van der Waals surface area contributed by atoms with E-state index in [1.165, 1.54) is 26.2 Å². The summed E-state index contributed by atoms with van der Waals surface area (Å²) in [5, 5.41) is 20.5. The molecule has 9 nitrogen and oxygen atoms in total. The fraction of sp³-hybridized carbons (Fsp3) is 0.179. The van der Waals surface area contributed by atoms with Crippen molar-refractivity contribution in [2.45, 2.75) is 12.5 Å². The normalized spacial score (nSPS) is 16.5. The van der Waals surface area contributed by atoms with Crippen molar-refractivity contribution in [2.75, 3.05) is 26.2 Å². The van der Waals surface area contributed by atoms with E-state index in [1.807, 2.05) is 0 Å². The zero-order chi connectivity index (χ0) is 26.7. The molecule has 3 aromatic rings. The molecule has 1 aliphatic rings. The van der Waals surface area contributed by atoms with E-state index >= 15 is 0 Å². The highest BCUT2D eigenvalue weighted by Gasteiger charge is 2.47. The van der Waals surface area contributed by atoms with Gasteiger partial charge in [-0.05, 0) is 47.5 Å². The standard InChI is InChI=1S/C28H25NO8/c1-35-19-6-4-5-17(14-19)25-24(26(32)21-12-11-20(36-2)15-22(21)37-3)27(33)28(34)29(25)18-9-7-16(8-10-18)13-23(30)31/h4-12,14-15,25,32H,13H2,1-3H3,(H,30,31)/b26-24-. The number of aliphatic carboxylic acids is 1. The van der Waals surface area contributed by atoms with E-state index in [2.05, 4.69) is 0 Å². The highest BCUT2D eigenvalue weighted by Crippen LogP contribution is 2.44. The summed E-state index contributed by atoms with van der Waals surface area (Å²) in [6.45, 7) is 0. The average Bonchev–Trinajstić information content (AvgIpc) is 3.18. The molecular formula is C28H25NO8. The van der Waals surface area contributed by atoms with Gasteiger partial charge in [-0.25, -0.2) is 0 Å². The summed E-state index contributed by atoms with van der Waals surface area (Å²) in [6, 6.07) is 16.9. The number of aliphatic hydroxyl groups is 1. The van der Waals surface area contributed by atoms with E-state index in [-0.39, 0.29) is 23.3 Å². The molecule has 1 saturated heterocycles. The number of amides is 1. The number of carboxylic acid groups (broad SMARTS) is 1. The van der Waals surface area contributed by atoms with Crippen LogP contribution in [0.3, 0.4) is 0 Å². The molecule has 0 aromatic heterocycles. The van der Waals surface area contributed by atoms with Gasteiger partial charge >= 0.3 is 5.97 Å². The minimum Gasteiger partial charge on any atom is -0.507 e. The van der Waals surface area contributed by atoms with Crippen LogP contribution in [-0.4, -0.2) is 49.2 Å². The monoisotopic (exact) mass is 503 g/mol. The third-order valence-corrected chi connectivity index (χ3v) is 6.09. The fourth-order valence-corrected chi connectivity index (χ4v) is 4.31. The molecule has 1 amide bonds. The third kappa shape index (κ3) is 4.84. The van der Waals surface area contributed by atoms with Crippen molar-refractivity contribution in [3.8, 4) is 17.2 Å². The van der Waals surface area contributed by atoms with E-state index in [1.54, 1.807) is 66.7 Å². The Kier molecular flexibility index (Phi) is 7.15. The topological polar surface area (TPSA) is 123 Å². The lowest BCUT2D eigenvalue weighted by Crippen LogP contribution is -2.29. The molecular weight excluding hydrogens is 478 g/mol. The first-order valence-electron chi connectivity index (χ1n) is 11.3. The van der Waals surface area contributed by atoms with Crippen LogP contribution in [0.25, 0.3) is 5.76 Å². The van der Waals surface area contributed by atoms with Gasteiger partial charge in [0.25, 0.3) is 11.7 Å². The lowest BCUT2D eigenvalue weighted by molar-refractivity contribution is -0.136. The number of carbonyl (C=O) groups excluding carboxylic acids is 2. The van der Waals surface area contributed by atoms with Gasteiger partial charge in [0, 0.05) is 11.8 Å². The molecule has 1 aliphatic heterocycles. The van der Waals surface area contributed by atoms with Crippen LogP contribution in [0.2, 0.25) is 0 Å². The van der Waals surface area contributed by atoms with E-state index < -0.39 is 29.5 Å². The first kappa shape index (κ1) is 25.3. The number of aliphatic hydroxyl groups excluding tert-OH is 1. The van der Waals surface area contributed by atoms with E-state index in [9.17, 15) is 19.5 Å². The van der Waals surface area contributed by atoms with Crippen LogP contribution < -0.4 is 19.1 Å². The first-order valence-corrected chi connectivity index (χ1v) is 11.3. The number of hydrogen-bond acceptors (Lipinski definition) is 7. The van der Waals surface area contributed by atoms with Gasteiger partial charge in [-0.2, -0.15) is 0 Å². The number of hydrogen-bond donors (Lipinski definition) is 2. The maximum absolute atomic E-state index is 13.4. The van der Waals surface area contributed by atoms with Crippen molar-refractivity contribution >= 4 is 29.1 Å². The van der Waals surface area contributed by atoms with Crippen LogP contribution in [0.4, 0.5) is 5.69 Å². The van der Waals surface area contributed by atoms with Crippen molar-refractivity contribution in [1.29, 1.82) is 0 Å². The van der Waals surface area contributed by atoms with Crippen molar-refractivity contribution < 1.29 is 38.8 Å². The zero-order valence-corrected chi connectivity index (χ0v) is 20.4. The molecule has 3 aromatic carbocycles. The van der Waals surface area contributed by atoms with E-state index in [0.717, 1.165) is 0 Å². The minimum absolute atomic E-state index is 0.128. The molecule has 9 heteroatoms. The molecule has 0 saturated carbocycles. The average molecular weight is 504 g/mol. The van der Waals surface area contributed by atoms with Gasteiger partial charge in [0.1, 0.15) is 23.0 Å². The molecule has 2 N–H and O–H groups in total. The molecule has 1 atom stereocenters. The molecule has 4 rings (SSSR count). The van der Waals surface area contributed by atoms with Crippen molar-refractivity contribution in [3.05, 3.63) is 89.0 Å². The number of carbonyl (C=O) groups is 3. The van der Waals surface area contributed by atoms with Crippen molar-refractivity contribution in [2.24, 2.45) is 0 Å². The number of rotatable bonds is 8. The van der Waals surface area contributed by atoms with Crippen molar-refractivity contribution in [1.82, 2.24) is 0 Å². The van der Waals surface area contributed by atoms with Gasteiger partial charge in [0.2, 0.25) is 0 Å². The maximum Gasteiger partial charge on any atom is 0.307 e. The van der Waals surface area contributed by atoms with E-state index in [4.69, 9.17) is 19.3 Å². The van der Waals surface area contributed by atoms with Gasteiger partial charge in [0.05, 0.1) is 44.9 Å². The number of benzene rings is 3. The number of carboxylic acids is 1. The van der Waals surface area contributed by atoms with E-state index in [0.29, 0.717) is 28.3 Å². The van der Waals surface area contributed by atoms with Crippen LogP contribution in [0.5, 0.6) is 17.2 Å². The Balaban J connectivity index is 1.92. The quantitative estimate of drug-likeness (QED) is 0.269. The predicted octanol–water partition coefficient (Wildman–Crippen LogP) is 3.97. The van der Waals surface area contributed by atoms with Crippen LogP contribution in [0.15, 0.2) is 72.3 Å². The number of nitrogens with zero attached hydrogens (tertiary/aromatic N) is 1. The summed E-state index contributed by atoms with van der Waals surface area (Å²) in [7, 11) is 4.41. The number of anilines is 1. The number of Topliss-reactive ketones (excluding diaryl/α,β-unsaturated/α-hetero) is 1. The summed E-state index contributed by atoms with van der Waals surface area (Å²) < 4.78 is 16.0. The molecule has 1 heterocycles. The second-order valence-electron chi connectivity index (χ2n) is 8.25. The van der Waals surface area contributed by atoms with Crippen LogP contribution in [0.1, 0.15) is 22.7 Å². The first-order chi connectivity index (χ1) is 17.8. The smallest absolute Gasteiger partial charge is 0.307 e. The van der Waals surface area contributed by atoms with Crippen molar-refractivity contribution in [3.63, 3.8) is 0 Å². The Morgan fingerprint density at radius 2 is 1.54 bits per heavy atom. The molecule has 1 unspecified atom stereocenters. The molecule has 190 valence electrons. The lowest BCUT2D eigenvalue weighted by Gasteiger charge is -2.26. The Hall–Kier alpha value is -4.79. The Morgan fingerprint density at radius 1 is 0.865 bits per heavy atom. The molecule has 0 spiro atoms. The highest BCUT2D eigenvalue weighted by atomic mass is 16.5. The van der Waals surface area contributed by atoms with Gasteiger partial charge < -0.3 is 24.4 Å². The largest absolute Gasteiger partial charge is 0.507 e. The maximum atomic E-state index is 13.4. The summed E-state index contributed by atoms with van der Waals surface area (Å²) in [6.07, 6.45) is -0.185. The van der Waals surface area contributed by atoms with Crippen LogP contribution in [-0.2, 0) is 20.8 Å². The summed E-state index contributed by atoms with van der Waals surface area (Å²) >= 11 is 0. The lowest BCUT2D eigenvalue weighted by atomic mass is 9.94. The Bertz CT molecular complexity index is 1390. The van der Waals surface area contributed by atoms with Crippen LogP contribution >= 0.6 is 0 Å². The molecule has 0 aliphatic carbocycles. The second kappa shape index (κ2) is 10.4. The molecule has 37 heavy (non-hydrogen) atoms. The van der Waals surface area contributed by atoms with Crippen LogP contribution in [0, 0.1) is 0 Å². The summed E-state index contributed by atoms with van der Waals surface area (Å²) in [4.78, 5) is 39.1. The summed E-state index contributed by atoms with van der Waals surface area (Å²) in [5.74, 6) is -1.87. The zero-order valence-electron chi connectivity index (χ0n) is 20.4.